The summed E-state index contributed by atoms with van der Waals surface area (Å²) < 4.78 is 13.1. The van der Waals surface area contributed by atoms with E-state index in [2.05, 4.69) is 15.9 Å². The topological polar surface area (TPSA) is 17.1 Å². The maximum absolute atomic E-state index is 13.1. The van der Waals surface area contributed by atoms with Crippen LogP contribution in [0.1, 0.15) is 12.5 Å². The van der Waals surface area contributed by atoms with Crippen molar-refractivity contribution in [1.82, 2.24) is 0 Å². The van der Waals surface area contributed by atoms with E-state index in [1.807, 2.05) is 0 Å². The fourth-order valence-corrected chi connectivity index (χ4v) is 1.35. The van der Waals surface area contributed by atoms with Gasteiger partial charge in [-0.2, -0.15) is 0 Å². The molecule has 3 heteroatoms. The maximum Gasteiger partial charge on any atom is 0.143 e. The third kappa shape index (κ3) is 2.92. The fourth-order valence-electron chi connectivity index (χ4n) is 1.00. The molecular weight excluding hydrogens is 235 g/mol. The van der Waals surface area contributed by atoms with Crippen LogP contribution in [0.2, 0.25) is 0 Å². The molecule has 0 heterocycles. The van der Waals surface area contributed by atoms with Gasteiger partial charge in [-0.1, -0.05) is 34.1 Å². The zero-order chi connectivity index (χ0) is 9.84. The zero-order valence-corrected chi connectivity index (χ0v) is 8.84. The highest BCUT2D eigenvalue weighted by Crippen LogP contribution is 2.13. The molecule has 0 spiro atoms. The van der Waals surface area contributed by atoms with Gasteiger partial charge in [0.1, 0.15) is 11.6 Å². The third-order valence-electron chi connectivity index (χ3n) is 1.80. The van der Waals surface area contributed by atoms with E-state index in [9.17, 15) is 9.18 Å². The Labute approximate surface area is 85.1 Å². The maximum atomic E-state index is 13.1. The minimum absolute atomic E-state index is 0.0169. The lowest BCUT2D eigenvalue weighted by Crippen LogP contribution is -2.13. The van der Waals surface area contributed by atoms with Gasteiger partial charge in [0.15, 0.2) is 0 Å². The summed E-state index contributed by atoms with van der Waals surface area (Å²) in [4.78, 5) is 10.6. The van der Waals surface area contributed by atoms with Crippen LogP contribution in [0.4, 0.5) is 4.39 Å². The quantitative estimate of drug-likeness (QED) is 0.748. The minimum atomic E-state index is -0.288. The van der Waals surface area contributed by atoms with E-state index < -0.39 is 0 Å². The van der Waals surface area contributed by atoms with E-state index in [0.29, 0.717) is 12.0 Å². The van der Waals surface area contributed by atoms with Crippen molar-refractivity contribution < 1.29 is 9.18 Å². The second kappa shape index (κ2) is 4.51. The predicted octanol–water partition coefficient (Wildman–Crippen LogP) is 2.72. The van der Waals surface area contributed by atoms with Gasteiger partial charge in [0.25, 0.3) is 0 Å². The second-order valence-electron chi connectivity index (χ2n) is 2.87. The first-order chi connectivity index (χ1) is 6.11. The molecule has 0 aromatic heterocycles. The molecule has 0 unspecified atom stereocenters. The normalized spacial score (nSPS) is 12.5. The van der Waals surface area contributed by atoms with Crippen LogP contribution in [0.25, 0.3) is 0 Å². The smallest absolute Gasteiger partial charge is 0.143 e. The SMILES string of the molecule is CC(=O)[C@@H](Br)Cc1ccccc1F. The predicted molar refractivity (Wildman–Crippen MR) is 53.5 cm³/mol. The van der Waals surface area contributed by atoms with Crippen molar-refractivity contribution in [2.24, 2.45) is 0 Å². The van der Waals surface area contributed by atoms with Crippen molar-refractivity contribution in [3.05, 3.63) is 35.6 Å². The van der Waals surface area contributed by atoms with Gasteiger partial charge < -0.3 is 0 Å². The van der Waals surface area contributed by atoms with Crippen LogP contribution in [0, 0.1) is 5.82 Å². The summed E-state index contributed by atoms with van der Waals surface area (Å²) in [6, 6.07) is 6.48. The number of hydrogen-bond donors (Lipinski definition) is 0. The Morgan fingerprint density at radius 3 is 2.69 bits per heavy atom. The molecule has 0 fully saturated rings. The highest BCUT2D eigenvalue weighted by Gasteiger charge is 2.12. The van der Waals surface area contributed by atoms with Crippen molar-refractivity contribution >= 4 is 21.7 Å². The number of hydrogen-bond acceptors (Lipinski definition) is 1. The van der Waals surface area contributed by atoms with Crippen LogP contribution in [-0.4, -0.2) is 10.6 Å². The molecule has 13 heavy (non-hydrogen) atoms. The standard InChI is InChI=1S/C10H10BrFO/c1-7(13)9(11)6-8-4-2-3-5-10(8)12/h2-5,9H,6H2,1H3/t9-/m0/s1. The zero-order valence-electron chi connectivity index (χ0n) is 7.26. The van der Waals surface area contributed by atoms with E-state index in [1.54, 1.807) is 18.2 Å². The van der Waals surface area contributed by atoms with Crippen molar-refractivity contribution in [3.8, 4) is 0 Å². The Morgan fingerprint density at radius 1 is 1.54 bits per heavy atom. The summed E-state index contributed by atoms with van der Waals surface area (Å²) in [7, 11) is 0. The van der Waals surface area contributed by atoms with Crippen LogP contribution in [0.5, 0.6) is 0 Å². The second-order valence-corrected chi connectivity index (χ2v) is 3.98. The molecule has 0 amide bonds. The molecule has 70 valence electrons. The first-order valence-electron chi connectivity index (χ1n) is 3.99. The number of alkyl halides is 1. The molecule has 0 bridgehead atoms. The van der Waals surface area contributed by atoms with Crippen LogP contribution < -0.4 is 0 Å². The number of carbonyl (C=O) groups excluding carboxylic acids is 1. The summed E-state index contributed by atoms with van der Waals surface area (Å²) in [5.74, 6) is -0.239. The Balaban J connectivity index is 2.74. The first kappa shape index (κ1) is 10.4. The van der Waals surface area contributed by atoms with E-state index in [-0.39, 0.29) is 16.4 Å². The van der Waals surface area contributed by atoms with E-state index >= 15 is 0 Å². The Morgan fingerprint density at radius 2 is 2.15 bits per heavy atom. The Kier molecular flexibility index (Phi) is 3.60. The van der Waals surface area contributed by atoms with Crippen LogP contribution in [0.15, 0.2) is 24.3 Å². The van der Waals surface area contributed by atoms with Gasteiger partial charge >= 0.3 is 0 Å². The molecule has 0 saturated carbocycles. The van der Waals surface area contributed by atoms with Gasteiger partial charge in [-0.25, -0.2) is 4.39 Å². The van der Waals surface area contributed by atoms with Crippen molar-refractivity contribution in [3.63, 3.8) is 0 Å². The number of benzene rings is 1. The number of ketones is 1. The summed E-state index contributed by atoms with van der Waals surface area (Å²) in [6.07, 6.45) is 0.405. The van der Waals surface area contributed by atoms with Crippen molar-refractivity contribution in [2.45, 2.75) is 18.2 Å². The molecular formula is C10H10BrFO. The number of rotatable bonds is 3. The molecule has 1 nitrogen and oxygen atoms in total. The van der Waals surface area contributed by atoms with Crippen molar-refractivity contribution in [2.75, 3.05) is 0 Å². The van der Waals surface area contributed by atoms with Gasteiger partial charge in [-0.15, -0.1) is 0 Å². The lowest BCUT2D eigenvalue weighted by atomic mass is 10.1. The molecule has 0 radical (unpaired) electrons. The molecule has 0 saturated heterocycles. The van der Waals surface area contributed by atoms with Gasteiger partial charge in [0, 0.05) is 0 Å². The molecule has 1 atom stereocenters. The average Bonchev–Trinajstić information content (AvgIpc) is 2.08. The highest BCUT2D eigenvalue weighted by molar-refractivity contribution is 9.10. The molecule has 0 aliphatic heterocycles. The molecule has 0 N–H and O–H groups in total. The number of halogens is 2. The summed E-state index contributed by atoms with van der Waals surface area (Å²) in [5.41, 5.74) is 0.569. The van der Waals surface area contributed by atoms with E-state index in [4.69, 9.17) is 0 Å². The average molecular weight is 245 g/mol. The molecule has 1 aromatic rings. The molecule has 1 aromatic carbocycles. The monoisotopic (exact) mass is 244 g/mol. The van der Waals surface area contributed by atoms with Gasteiger partial charge in [0.2, 0.25) is 0 Å². The molecule has 1 rings (SSSR count). The van der Waals surface area contributed by atoms with Crippen LogP contribution in [-0.2, 0) is 11.2 Å². The number of carbonyl (C=O) groups is 1. The molecule has 0 aliphatic rings. The fraction of sp³-hybridized carbons (Fsp3) is 0.300. The van der Waals surface area contributed by atoms with Gasteiger partial charge in [0.05, 0.1) is 4.83 Å². The first-order valence-corrected chi connectivity index (χ1v) is 4.90. The Hall–Kier alpha value is -0.700. The van der Waals surface area contributed by atoms with Crippen LogP contribution >= 0.6 is 15.9 Å². The number of Topliss-reactive ketones (excluding diaryl/α,β-unsaturated/α-hetero) is 1. The van der Waals surface area contributed by atoms with E-state index in [0.717, 1.165) is 0 Å². The van der Waals surface area contributed by atoms with Crippen LogP contribution in [0.3, 0.4) is 0 Å². The Bertz CT molecular complexity index is 312. The summed E-state index contributed by atoms with van der Waals surface area (Å²) >= 11 is 3.20. The highest BCUT2D eigenvalue weighted by atomic mass is 79.9. The summed E-state index contributed by atoms with van der Waals surface area (Å²) in [6.45, 7) is 1.49. The molecule has 0 aliphatic carbocycles. The summed E-state index contributed by atoms with van der Waals surface area (Å²) in [5, 5.41) is 0. The third-order valence-corrected chi connectivity index (χ3v) is 2.77. The lowest BCUT2D eigenvalue weighted by molar-refractivity contribution is -0.116. The van der Waals surface area contributed by atoms with E-state index in [1.165, 1.54) is 13.0 Å². The van der Waals surface area contributed by atoms with Gasteiger partial charge in [-0.05, 0) is 25.0 Å². The van der Waals surface area contributed by atoms with Crippen molar-refractivity contribution in [1.29, 1.82) is 0 Å². The van der Waals surface area contributed by atoms with Gasteiger partial charge in [-0.3, -0.25) is 4.79 Å². The minimum Gasteiger partial charge on any atom is -0.299 e. The largest absolute Gasteiger partial charge is 0.299 e. The lowest BCUT2D eigenvalue weighted by Gasteiger charge is -2.06.